The second-order valence-corrected chi connectivity index (χ2v) is 4.66. The Labute approximate surface area is 124 Å². The number of carbonyl (C=O) groups excluding carboxylic acids is 1. The summed E-state index contributed by atoms with van der Waals surface area (Å²) in [7, 11) is 1.38. The summed E-state index contributed by atoms with van der Waals surface area (Å²) in [5, 5.41) is 3.12. The molecule has 1 aromatic carbocycles. The lowest BCUT2D eigenvalue weighted by molar-refractivity contribution is -0.141. The van der Waals surface area contributed by atoms with Crippen LogP contribution < -0.4 is 5.32 Å². The van der Waals surface area contributed by atoms with E-state index < -0.39 is 6.04 Å². The van der Waals surface area contributed by atoms with Crippen molar-refractivity contribution in [1.82, 2.24) is 9.97 Å². The van der Waals surface area contributed by atoms with Crippen LogP contribution in [0.4, 0.5) is 5.82 Å². The zero-order chi connectivity index (χ0) is 15.1. The van der Waals surface area contributed by atoms with Gasteiger partial charge in [0.2, 0.25) is 0 Å². The summed E-state index contributed by atoms with van der Waals surface area (Å²) in [5.41, 5.74) is 1.78. The van der Waals surface area contributed by atoms with Gasteiger partial charge in [0.15, 0.2) is 6.04 Å². The van der Waals surface area contributed by atoms with Crippen LogP contribution in [0.3, 0.4) is 0 Å². The second-order valence-electron chi connectivity index (χ2n) is 4.66. The molecule has 2 aromatic rings. The van der Waals surface area contributed by atoms with E-state index in [0.29, 0.717) is 5.82 Å². The van der Waals surface area contributed by atoms with Crippen molar-refractivity contribution < 1.29 is 9.53 Å². The van der Waals surface area contributed by atoms with Gasteiger partial charge in [-0.1, -0.05) is 43.7 Å². The molecule has 0 saturated heterocycles. The summed E-state index contributed by atoms with van der Waals surface area (Å²) in [6, 6.07) is 10.7. The molecule has 1 unspecified atom stereocenters. The Morgan fingerprint density at radius 1 is 1.29 bits per heavy atom. The van der Waals surface area contributed by atoms with E-state index in [9.17, 15) is 4.79 Å². The zero-order valence-corrected chi connectivity index (χ0v) is 12.2. The van der Waals surface area contributed by atoms with E-state index in [4.69, 9.17) is 4.74 Å². The first-order valence-electron chi connectivity index (χ1n) is 6.94. The van der Waals surface area contributed by atoms with Crippen LogP contribution >= 0.6 is 0 Å². The minimum atomic E-state index is -0.583. The number of carbonyl (C=O) groups is 1. The number of aryl methyl sites for hydroxylation is 1. The van der Waals surface area contributed by atoms with Crippen LogP contribution in [0.1, 0.15) is 30.6 Å². The van der Waals surface area contributed by atoms with Crippen molar-refractivity contribution >= 4 is 11.8 Å². The lowest BCUT2D eigenvalue weighted by Crippen LogP contribution is -2.22. The SMILES string of the molecule is CCCc1cc(NC(C(=O)OC)c2ccccc2)ncn1. The number of nitrogens with zero attached hydrogens (tertiary/aromatic N) is 2. The van der Waals surface area contributed by atoms with Gasteiger partial charge in [0.1, 0.15) is 12.1 Å². The zero-order valence-electron chi connectivity index (χ0n) is 12.2. The van der Waals surface area contributed by atoms with Gasteiger partial charge in [-0.25, -0.2) is 14.8 Å². The lowest BCUT2D eigenvalue weighted by Gasteiger charge is -2.17. The molecule has 2 rings (SSSR count). The van der Waals surface area contributed by atoms with E-state index in [1.54, 1.807) is 0 Å². The number of rotatable bonds is 6. The molecule has 0 bridgehead atoms. The highest BCUT2D eigenvalue weighted by Gasteiger charge is 2.21. The van der Waals surface area contributed by atoms with E-state index in [-0.39, 0.29) is 5.97 Å². The third kappa shape index (κ3) is 4.02. The monoisotopic (exact) mass is 285 g/mol. The van der Waals surface area contributed by atoms with Crippen molar-refractivity contribution in [3.8, 4) is 0 Å². The maximum atomic E-state index is 12.0. The van der Waals surface area contributed by atoms with E-state index in [1.807, 2.05) is 36.4 Å². The Morgan fingerprint density at radius 3 is 2.71 bits per heavy atom. The van der Waals surface area contributed by atoms with Gasteiger partial charge >= 0.3 is 5.97 Å². The highest BCUT2D eigenvalue weighted by atomic mass is 16.5. The molecule has 0 radical (unpaired) electrons. The van der Waals surface area contributed by atoms with Crippen LogP contribution in [0.5, 0.6) is 0 Å². The number of benzene rings is 1. The van der Waals surface area contributed by atoms with Gasteiger partial charge in [-0.15, -0.1) is 0 Å². The summed E-state index contributed by atoms with van der Waals surface area (Å²) in [6.07, 6.45) is 3.40. The van der Waals surface area contributed by atoms with Gasteiger partial charge in [0, 0.05) is 11.8 Å². The molecule has 1 heterocycles. The van der Waals surface area contributed by atoms with E-state index in [1.165, 1.54) is 13.4 Å². The lowest BCUT2D eigenvalue weighted by atomic mass is 10.1. The molecule has 1 atom stereocenters. The van der Waals surface area contributed by atoms with Crippen molar-refractivity contribution in [1.29, 1.82) is 0 Å². The van der Waals surface area contributed by atoms with Crippen molar-refractivity contribution in [3.05, 3.63) is 54.0 Å². The van der Waals surface area contributed by atoms with E-state index in [2.05, 4.69) is 22.2 Å². The number of esters is 1. The third-order valence-corrected chi connectivity index (χ3v) is 3.09. The Bertz CT molecular complexity index is 587. The van der Waals surface area contributed by atoms with Gasteiger partial charge < -0.3 is 10.1 Å². The van der Waals surface area contributed by atoms with Gasteiger partial charge in [-0.2, -0.15) is 0 Å². The molecule has 0 amide bonds. The largest absolute Gasteiger partial charge is 0.467 e. The average Bonchev–Trinajstić information content (AvgIpc) is 2.53. The molecule has 5 heteroatoms. The van der Waals surface area contributed by atoms with Crippen LogP contribution in [-0.4, -0.2) is 23.0 Å². The smallest absolute Gasteiger partial charge is 0.333 e. The second kappa shape index (κ2) is 7.38. The fourth-order valence-corrected chi connectivity index (χ4v) is 2.06. The Morgan fingerprint density at radius 2 is 2.05 bits per heavy atom. The maximum Gasteiger partial charge on any atom is 0.333 e. The van der Waals surface area contributed by atoms with Crippen LogP contribution in [0.25, 0.3) is 0 Å². The first-order valence-corrected chi connectivity index (χ1v) is 6.94. The number of hydrogen-bond acceptors (Lipinski definition) is 5. The molecule has 1 N–H and O–H groups in total. The van der Waals surface area contributed by atoms with Crippen molar-refractivity contribution in [2.45, 2.75) is 25.8 Å². The van der Waals surface area contributed by atoms with Crippen LogP contribution in [0.2, 0.25) is 0 Å². The highest BCUT2D eigenvalue weighted by molar-refractivity contribution is 5.80. The highest BCUT2D eigenvalue weighted by Crippen LogP contribution is 2.20. The van der Waals surface area contributed by atoms with Gasteiger partial charge in [0.25, 0.3) is 0 Å². The summed E-state index contributed by atoms with van der Waals surface area (Å²) < 4.78 is 4.87. The molecule has 21 heavy (non-hydrogen) atoms. The minimum Gasteiger partial charge on any atom is -0.467 e. The molecule has 0 fully saturated rings. The van der Waals surface area contributed by atoms with Crippen LogP contribution in [-0.2, 0) is 16.0 Å². The minimum absolute atomic E-state index is 0.350. The molecule has 0 aliphatic heterocycles. The summed E-state index contributed by atoms with van der Waals surface area (Å²) in [4.78, 5) is 20.4. The Balaban J connectivity index is 2.23. The summed E-state index contributed by atoms with van der Waals surface area (Å²) in [5.74, 6) is 0.268. The van der Waals surface area contributed by atoms with Crippen molar-refractivity contribution in [2.24, 2.45) is 0 Å². The normalized spacial score (nSPS) is 11.7. The van der Waals surface area contributed by atoms with Crippen LogP contribution in [0.15, 0.2) is 42.7 Å². The van der Waals surface area contributed by atoms with E-state index >= 15 is 0 Å². The number of aromatic nitrogens is 2. The Kier molecular flexibility index (Phi) is 5.26. The molecule has 0 spiro atoms. The number of methoxy groups -OCH3 is 1. The topological polar surface area (TPSA) is 64.1 Å². The maximum absolute atomic E-state index is 12.0. The Hall–Kier alpha value is -2.43. The molecule has 1 aromatic heterocycles. The molecular weight excluding hydrogens is 266 g/mol. The third-order valence-electron chi connectivity index (χ3n) is 3.09. The molecule has 0 saturated carbocycles. The van der Waals surface area contributed by atoms with Crippen molar-refractivity contribution in [3.63, 3.8) is 0 Å². The van der Waals surface area contributed by atoms with Crippen LogP contribution in [0, 0.1) is 0 Å². The molecule has 0 aliphatic carbocycles. The fourth-order valence-electron chi connectivity index (χ4n) is 2.06. The van der Waals surface area contributed by atoms with Crippen molar-refractivity contribution in [2.75, 3.05) is 12.4 Å². The standard InChI is InChI=1S/C16H19N3O2/c1-3-7-13-10-14(18-11-17-13)19-15(16(20)21-2)12-8-5-4-6-9-12/h4-6,8-11,15H,3,7H2,1-2H3,(H,17,18,19). The molecule has 110 valence electrons. The number of nitrogens with one attached hydrogen (secondary N) is 1. The summed E-state index contributed by atoms with van der Waals surface area (Å²) in [6.45, 7) is 2.09. The van der Waals surface area contributed by atoms with E-state index in [0.717, 1.165) is 24.1 Å². The van der Waals surface area contributed by atoms with Gasteiger partial charge in [0.05, 0.1) is 7.11 Å². The predicted molar refractivity (Wildman–Crippen MR) is 80.8 cm³/mol. The number of anilines is 1. The van der Waals surface area contributed by atoms with Gasteiger partial charge in [-0.3, -0.25) is 0 Å². The number of hydrogen-bond donors (Lipinski definition) is 1. The summed E-state index contributed by atoms with van der Waals surface area (Å²) >= 11 is 0. The first-order chi connectivity index (χ1) is 10.2. The van der Waals surface area contributed by atoms with Gasteiger partial charge in [-0.05, 0) is 12.0 Å². The predicted octanol–water partition coefficient (Wildman–Crippen LogP) is 2.76. The molecular formula is C16H19N3O2. The fraction of sp³-hybridized carbons (Fsp3) is 0.312. The quantitative estimate of drug-likeness (QED) is 0.827. The molecule has 0 aliphatic rings. The average molecular weight is 285 g/mol. The first kappa shape index (κ1) is 15.0. The number of ether oxygens (including phenoxy) is 1. The molecule has 5 nitrogen and oxygen atoms in total.